The number of carbonyl (C=O) groups is 1. The van der Waals surface area contributed by atoms with Crippen molar-refractivity contribution in [2.24, 2.45) is 0 Å². The van der Waals surface area contributed by atoms with Gasteiger partial charge in [0.1, 0.15) is 11.4 Å². The Bertz CT molecular complexity index is 678. The molecule has 7 heteroatoms. The molecule has 2 aromatic rings. The van der Waals surface area contributed by atoms with E-state index in [0.717, 1.165) is 31.0 Å². The minimum Gasteiger partial charge on any atom is -0.478 e. The lowest BCUT2D eigenvalue weighted by atomic mass is 10.1. The standard InChI is InChI=1S/C13H12FN3O2S/c14-6-4-5-8(10(11(6)15)12(18)19)17-13-16-7-2-1-3-9(7)20-13/h4-5H,1-3,15H2,(H,16,17)(H,18,19). The van der Waals surface area contributed by atoms with Crippen molar-refractivity contribution in [1.29, 1.82) is 0 Å². The molecule has 0 saturated heterocycles. The van der Waals surface area contributed by atoms with Crippen molar-refractivity contribution in [3.05, 3.63) is 34.1 Å². The van der Waals surface area contributed by atoms with Crippen LogP contribution in [0.1, 0.15) is 27.3 Å². The molecule has 0 unspecified atom stereocenters. The molecular weight excluding hydrogens is 281 g/mol. The first kappa shape index (κ1) is 12.9. The second-order valence-corrected chi connectivity index (χ2v) is 5.64. The normalized spacial score (nSPS) is 13.2. The minimum absolute atomic E-state index is 0.254. The number of benzene rings is 1. The summed E-state index contributed by atoms with van der Waals surface area (Å²) in [7, 11) is 0. The molecule has 0 amide bonds. The molecule has 104 valence electrons. The number of aromatic nitrogens is 1. The third kappa shape index (κ3) is 2.09. The van der Waals surface area contributed by atoms with Gasteiger partial charge in [-0.1, -0.05) is 0 Å². The Kier molecular flexibility index (Phi) is 3.06. The molecule has 4 N–H and O–H groups in total. The zero-order chi connectivity index (χ0) is 14.3. The van der Waals surface area contributed by atoms with Crippen molar-refractivity contribution in [3.63, 3.8) is 0 Å². The molecule has 0 radical (unpaired) electrons. The van der Waals surface area contributed by atoms with Gasteiger partial charge in [0, 0.05) is 4.88 Å². The summed E-state index contributed by atoms with van der Waals surface area (Å²) in [5, 5.41) is 12.7. The van der Waals surface area contributed by atoms with E-state index < -0.39 is 11.8 Å². The number of aromatic carboxylic acids is 1. The summed E-state index contributed by atoms with van der Waals surface area (Å²) in [4.78, 5) is 16.9. The van der Waals surface area contributed by atoms with Crippen LogP contribution in [-0.4, -0.2) is 16.1 Å². The Morgan fingerprint density at radius 2 is 2.25 bits per heavy atom. The van der Waals surface area contributed by atoms with E-state index in [1.165, 1.54) is 22.3 Å². The Balaban J connectivity index is 1.97. The first-order valence-corrected chi connectivity index (χ1v) is 6.95. The summed E-state index contributed by atoms with van der Waals surface area (Å²) < 4.78 is 13.4. The highest BCUT2D eigenvalue weighted by Crippen LogP contribution is 2.34. The van der Waals surface area contributed by atoms with E-state index in [4.69, 9.17) is 10.8 Å². The van der Waals surface area contributed by atoms with E-state index in [-0.39, 0.29) is 16.9 Å². The summed E-state index contributed by atoms with van der Waals surface area (Å²) in [6.45, 7) is 0. The van der Waals surface area contributed by atoms with Crippen LogP contribution in [0.25, 0.3) is 0 Å². The molecule has 20 heavy (non-hydrogen) atoms. The lowest BCUT2D eigenvalue weighted by molar-refractivity contribution is 0.0698. The molecule has 1 aromatic carbocycles. The smallest absolute Gasteiger partial charge is 0.340 e. The maximum absolute atomic E-state index is 13.4. The number of aryl methyl sites for hydroxylation is 2. The lowest BCUT2D eigenvalue weighted by Crippen LogP contribution is -2.08. The topological polar surface area (TPSA) is 88.2 Å². The highest BCUT2D eigenvalue weighted by atomic mass is 32.1. The Morgan fingerprint density at radius 1 is 1.45 bits per heavy atom. The highest BCUT2D eigenvalue weighted by molar-refractivity contribution is 7.15. The number of carboxylic acid groups (broad SMARTS) is 1. The number of hydrogen-bond acceptors (Lipinski definition) is 5. The van der Waals surface area contributed by atoms with Gasteiger partial charge in [-0.15, -0.1) is 11.3 Å². The van der Waals surface area contributed by atoms with Crippen LogP contribution in [-0.2, 0) is 12.8 Å². The number of nitrogen functional groups attached to an aromatic ring is 1. The highest BCUT2D eigenvalue weighted by Gasteiger charge is 2.20. The summed E-state index contributed by atoms with van der Waals surface area (Å²) in [5.41, 5.74) is 6.18. The van der Waals surface area contributed by atoms with Crippen molar-refractivity contribution in [1.82, 2.24) is 4.98 Å². The molecule has 0 fully saturated rings. The summed E-state index contributed by atoms with van der Waals surface area (Å²) in [5.74, 6) is -2.01. The summed E-state index contributed by atoms with van der Waals surface area (Å²) >= 11 is 1.50. The second kappa shape index (κ2) is 4.75. The number of nitrogens with two attached hydrogens (primary N) is 1. The predicted molar refractivity (Wildman–Crippen MR) is 75.2 cm³/mol. The van der Waals surface area contributed by atoms with E-state index in [2.05, 4.69) is 10.3 Å². The molecule has 0 saturated carbocycles. The molecule has 5 nitrogen and oxygen atoms in total. The number of thiazole rings is 1. The second-order valence-electron chi connectivity index (χ2n) is 4.56. The number of carboxylic acids is 1. The fraction of sp³-hybridized carbons (Fsp3) is 0.231. The van der Waals surface area contributed by atoms with Gasteiger partial charge in [-0.05, 0) is 31.4 Å². The third-order valence-electron chi connectivity index (χ3n) is 3.24. The van der Waals surface area contributed by atoms with Gasteiger partial charge in [0.05, 0.1) is 17.1 Å². The number of halogens is 1. The fourth-order valence-corrected chi connectivity index (χ4v) is 3.35. The van der Waals surface area contributed by atoms with Gasteiger partial charge in [-0.3, -0.25) is 0 Å². The molecular formula is C13H12FN3O2S. The van der Waals surface area contributed by atoms with E-state index in [1.807, 2.05) is 0 Å². The van der Waals surface area contributed by atoms with Gasteiger partial charge in [0.2, 0.25) is 0 Å². The van der Waals surface area contributed by atoms with Crippen molar-refractivity contribution >= 4 is 33.8 Å². The van der Waals surface area contributed by atoms with Gasteiger partial charge >= 0.3 is 5.97 Å². The summed E-state index contributed by atoms with van der Waals surface area (Å²) in [6, 6.07) is 2.51. The van der Waals surface area contributed by atoms with Gasteiger partial charge in [-0.2, -0.15) is 0 Å². The maximum Gasteiger partial charge on any atom is 0.340 e. The molecule has 0 aliphatic heterocycles. The molecule has 1 aromatic heterocycles. The first-order valence-electron chi connectivity index (χ1n) is 6.13. The van der Waals surface area contributed by atoms with Crippen LogP contribution >= 0.6 is 11.3 Å². The van der Waals surface area contributed by atoms with E-state index in [1.54, 1.807) is 0 Å². The van der Waals surface area contributed by atoms with E-state index in [0.29, 0.717) is 5.13 Å². The molecule has 0 spiro atoms. The van der Waals surface area contributed by atoms with E-state index in [9.17, 15) is 9.18 Å². The number of fused-ring (bicyclic) bond motifs is 1. The number of hydrogen-bond donors (Lipinski definition) is 3. The van der Waals surface area contributed by atoms with Crippen molar-refractivity contribution in [2.45, 2.75) is 19.3 Å². The molecule has 1 aliphatic carbocycles. The Hall–Kier alpha value is -2.15. The SMILES string of the molecule is Nc1c(F)ccc(Nc2nc3c(s2)CCC3)c1C(=O)O. The zero-order valence-corrected chi connectivity index (χ0v) is 11.3. The first-order chi connectivity index (χ1) is 9.56. The van der Waals surface area contributed by atoms with Gasteiger partial charge < -0.3 is 16.2 Å². The third-order valence-corrected chi connectivity index (χ3v) is 4.32. The molecule has 3 rings (SSSR count). The van der Waals surface area contributed by atoms with Crippen molar-refractivity contribution < 1.29 is 14.3 Å². The number of rotatable bonds is 3. The molecule has 1 aliphatic rings. The van der Waals surface area contributed by atoms with Crippen LogP contribution in [0.5, 0.6) is 0 Å². The van der Waals surface area contributed by atoms with Crippen LogP contribution in [0.3, 0.4) is 0 Å². The molecule has 0 atom stereocenters. The molecule has 1 heterocycles. The lowest BCUT2D eigenvalue weighted by Gasteiger charge is -2.10. The average Bonchev–Trinajstić information content (AvgIpc) is 2.94. The maximum atomic E-state index is 13.4. The van der Waals surface area contributed by atoms with Crippen molar-refractivity contribution in [3.8, 4) is 0 Å². The minimum atomic E-state index is -1.27. The summed E-state index contributed by atoms with van der Waals surface area (Å²) in [6.07, 6.45) is 3.06. The van der Waals surface area contributed by atoms with Crippen LogP contribution in [0.2, 0.25) is 0 Å². The predicted octanol–water partition coefficient (Wildman–Crippen LogP) is 2.79. The van der Waals surface area contributed by atoms with Crippen molar-refractivity contribution in [2.75, 3.05) is 11.1 Å². The van der Waals surface area contributed by atoms with Crippen LogP contribution in [0.4, 0.5) is 20.9 Å². The van der Waals surface area contributed by atoms with Crippen LogP contribution in [0.15, 0.2) is 12.1 Å². The monoisotopic (exact) mass is 293 g/mol. The fourth-order valence-electron chi connectivity index (χ4n) is 2.29. The van der Waals surface area contributed by atoms with Gasteiger partial charge in [0.15, 0.2) is 5.13 Å². The van der Waals surface area contributed by atoms with Gasteiger partial charge in [0.25, 0.3) is 0 Å². The molecule has 0 bridgehead atoms. The van der Waals surface area contributed by atoms with Gasteiger partial charge in [-0.25, -0.2) is 14.2 Å². The number of nitrogens with zero attached hydrogens (tertiary/aromatic N) is 1. The Morgan fingerprint density at radius 3 is 2.95 bits per heavy atom. The number of nitrogens with one attached hydrogen (secondary N) is 1. The van der Waals surface area contributed by atoms with Crippen LogP contribution < -0.4 is 11.1 Å². The van der Waals surface area contributed by atoms with E-state index >= 15 is 0 Å². The Labute approximate surface area is 118 Å². The van der Waals surface area contributed by atoms with Crippen LogP contribution in [0, 0.1) is 5.82 Å². The zero-order valence-electron chi connectivity index (χ0n) is 10.4. The number of anilines is 3. The largest absolute Gasteiger partial charge is 0.478 e. The quantitative estimate of drug-likeness (QED) is 0.757. The average molecular weight is 293 g/mol.